The number of halogens is 4. The summed E-state index contributed by atoms with van der Waals surface area (Å²) in [5.41, 5.74) is 2.42. The number of nitrogens with zero attached hydrogens (tertiary/aromatic N) is 7. The van der Waals surface area contributed by atoms with Gasteiger partial charge in [-0.15, -0.1) is 0 Å². The Morgan fingerprint density at radius 3 is 2.51 bits per heavy atom. The van der Waals surface area contributed by atoms with Gasteiger partial charge in [-0.3, -0.25) is 4.68 Å². The van der Waals surface area contributed by atoms with Crippen LogP contribution < -0.4 is 4.90 Å². The molecule has 192 valence electrons. The number of hydrogen-bond donors (Lipinski definition) is 0. The van der Waals surface area contributed by atoms with Crippen molar-refractivity contribution in [3.05, 3.63) is 59.2 Å². The highest BCUT2D eigenvalue weighted by Crippen LogP contribution is 2.37. The number of ether oxygens (including phenoxy) is 1. The van der Waals surface area contributed by atoms with Crippen molar-refractivity contribution in [3.8, 4) is 11.3 Å². The maximum absolute atomic E-state index is 14.9. The molecule has 6 rings (SSSR count). The summed E-state index contributed by atoms with van der Waals surface area (Å²) in [6.45, 7) is 3.51. The second-order valence-corrected chi connectivity index (χ2v) is 9.45. The number of aryl methyl sites for hydroxylation is 2. The quantitative estimate of drug-likeness (QED) is 0.357. The molecule has 0 spiro atoms. The minimum atomic E-state index is -2.75. The van der Waals surface area contributed by atoms with Gasteiger partial charge in [-0.25, -0.2) is 32.5 Å². The normalized spacial score (nSPS) is 20.2. The molecule has 0 amide bonds. The number of anilines is 1. The summed E-state index contributed by atoms with van der Waals surface area (Å²) in [5.74, 6) is -1.48. The van der Waals surface area contributed by atoms with Crippen molar-refractivity contribution >= 4 is 17.1 Å². The van der Waals surface area contributed by atoms with Crippen molar-refractivity contribution in [1.82, 2.24) is 29.7 Å². The zero-order chi connectivity index (χ0) is 25.8. The molecular formula is C25H23F4N7O. The van der Waals surface area contributed by atoms with Crippen molar-refractivity contribution in [1.29, 1.82) is 0 Å². The Hall–Kier alpha value is -3.67. The van der Waals surface area contributed by atoms with E-state index in [9.17, 15) is 17.6 Å². The maximum atomic E-state index is 14.9. The number of hydrogen-bond acceptors (Lipinski definition) is 7. The Morgan fingerprint density at radius 2 is 1.78 bits per heavy atom. The van der Waals surface area contributed by atoms with Gasteiger partial charge in [0.15, 0.2) is 5.65 Å². The van der Waals surface area contributed by atoms with E-state index in [2.05, 4.69) is 25.0 Å². The van der Waals surface area contributed by atoms with Crippen molar-refractivity contribution in [3.63, 3.8) is 0 Å². The first-order valence-electron chi connectivity index (χ1n) is 12.0. The van der Waals surface area contributed by atoms with E-state index in [-0.39, 0.29) is 41.5 Å². The van der Waals surface area contributed by atoms with Gasteiger partial charge in [0.1, 0.15) is 35.1 Å². The fraction of sp³-hybridized carbons (Fsp3) is 0.400. The van der Waals surface area contributed by atoms with Crippen LogP contribution in [0.15, 0.2) is 30.6 Å². The van der Waals surface area contributed by atoms with Crippen molar-refractivity contribution in [2.24, 2.45) is 0 Å². The van der Waals surface area contributed by atoms with Gasteiger partial charge in [0.05, 0.1) is 36.7 Å². The summed E-state index contributed by atoms with van der Waals surface area (Å²) < 4.78 is 63.9. The van der Waals surface area contributed by atoms with Crippen LogP contribution in [0.5, 0.6) is 0 Å². The van der Waals surface area contributed by atoms with E-state index >= 15 is 0 Å². The second kappa shape index (κ2) is 9.02. The summed E-state index contributed by atoms with van der Waals surface area (Å²) in [6, 6.07) is 3.48. The zero-order valence-corrected chi connectivity index (χ0v) is 20.1. The molecule has 0 N–H and O–H groups in total. The van der Waals surface area contributed by atoms with E-state index in [1.165, 1.54) is 6.07 Å². The largest absolute Gasteiger partial charge is 0.361 e. The molecule has 0 bridgehead atoms. The topological polar surface area (TPSA) is 81.9 Å². The molecule has 2 fully saturated rings. The van der Waals surface area contributed by atoms with Crippen LogP contribution in [0, 0.1) is 25.5 Å². The Bertz CT molecular complexity index is 1490. The van der Waals surface area contributed by atoms with Gasteiger partial charge >= 0.3 is 0 Å². The van der Waals surface area contributed by atoms with Crippen LogP contribution >= 0.6 is 0 Å². The van der Waals surface area contributed by atoms with Crippen LogP contribution in [0.3, 0.4) is 0 Å². The van der Waals surface area contributed by atoms with Crippen LogP contribution in [-0.4, -0.2) is 55.3 Å². The molecule has 8 nitrogen and oxygen atoms in total. The molecule has 12 heteroatoms. The Morgan fingerprint density at radius 1 is 1.00 bits per heavy atom. The lowest BCUT2D eigenvalue weighted by Gasteiger charge is -2.37. The molecule has 0 radical (unpaired) electrons. The molecule has 3 aromatic heterocycles. The molecule has 4 heterocycles. The maximum Gasteiger partial charge on any atom is 0.266 e. The number of aromatic nitrogens is 6. The Labute approximate surface area is 209 Å². The van der Waals surface area contributed by atoms with E-state index in [4.69, 9.17) is 4.74 Å². The van der Waals surface area contributed by atoms with Gasteiger partial charge in [-0.05, 0) is 38.8 Å². The third-order valence-corrected chi connectivity index (χ3v) is 6.72. The Kier molecular flexibility index (Phi) is 5.78. The van der Waals surface area contributed by atoms with Crippen LogP contribution in [-0.2, 0) is 4.74 Å². The predicted molar refractivity (Wildman–Crippen MR) is 126 cm³/mol. The van der Waals surface area contributed by atoms with Crippen molar-refractivity contribution in [2.45, 2.75) is 51.4 Å². The number of fused-ring (bicyclic) bond motifs is 1. The molecule has 1 aliphatic heterocycles. The summed E-state index contributed by atoms with van der Waals surface area (Å²) in [6.07, 6.45) is 0.677. The van der Waals surface area contributed by atoms with Crippen molar-refractivity contribution in [2.75, 3.05) is 18.0 Å². The Balaban J connectivity index is 1.45. The summed E-state index contributed by atoms with van der Waals surface area (Å²) in [4.78, 5) is 19.7. The molecule has 1 saturated carbocycles. The van der Waals surface area contributed by atoms with Crippen LogP contribution in [0.2, 0.25) is 0 Å². The molecule has 2 unspecified atom stereocenters. The second-order valence-electron chi connectivity index (χ2n) is 9.45. The molecule has 2 aliphatic rings. The lowest BCUT2D eigenvalue weighted by atomic mass is 10.1. The van der Waals surface area contributed by atoms with Crippen molar-refractivity contribution < 1.29 is 22.3 Å². The van der Waals surface area contributed by atoms with E-state index in [0.717, 1.165) is 25.0 Å². The van der Waals surface area contributed by atoms with Gasteiger partial charge in [-0.2, -0.15) is 10.1 Å². The predicted octanol–water partition coefficient (Wildman–Crippen LogP) is 4.72. The summed E-state index contributed by atoms with van der Waals surface area (Å²) >= 11 is 0. The highest BCUT2D eigenvalue weighted by atomic mass is 19.3. The standard InChI is InChI=1S/C25H23F4N7O/c1-12-13(2)32-24-22(31-12)21(17-6-3-15(26)7-18(17)27)33-25(34-24)35-10-19(37-20(11-35)23(28)29)14-8-30-36(9-14)16-4-5-16/h3,6-9,16,19-20,23H,4-5,10-11H2,1-2H3. The first-order chi connectivity index (χ1) is 17.8. The molecule has 2 atom stereocenters. The van der Waals surface area contributed by atoms with Gasteiger partial charge in [0.25, 0.3) is 6.43 Å². The van der Waals surface area contributed by atoms with E-state index < -0.39 is 30.3 Å². The molecule has 1 aliphatic carbocycles. The lowest BCUT2D eigenvalue weighted by Crippen LogP contribution is -2.47. The van der Waals surface area contributed by atoms with Crippen LogP contribution in [0.1, 0.15) is 41.9 Å². The molecular weight excluding hydrogens is 490 g/mol. The monoisotopic (exact) mass is 513 g/mol. The third-order valence-electron chi connectivity index (χ3n) is 6.72. The number of alkyl halides is 2. The first kappa shape index (κ1) is 23.7. The third kappa shape index (κ3) is 4.50. The number of rotatable bonds is 5. The minimum absolute atomic E-state index is 0.00790. The van der Waals surface area contributed by atoms with Crippen LogP contribution in [0.25, 0.3) is 22.4 Å². The van der Waals surface area contributed by atoms with Gasteiger partial charge < -0.3 is 9.64 Å². The fourth-order valence-electron chi connectivity index (χ4n) is 4.44. The van der Waals surface area contributed by atoms with Crippen LogP contribution in [0.4, 0.5) is 23.5 Å². The highest BCUT2D eigenvalue weighted by molar-refractivity contribution is 5.88. The van der Waals surface area contributed by atoms with Gasteiger partial charge in [0, 0.05) is 23.4 Å². The average Bonchev–Trinajstić information content (AvgIpc) is 3.60. The lowest BCUT2D eigenvalue weighted by molar-refractivity contribution is -0.102. The van der Waals surface area contributed by atoms with Gasteiger partial charge in [0.2, 0.25) is 5.95 Å². The molecule has 37 heavy (non-hydrogen) atoms. The first-order valence-corrected chi connectivity index (χ1v) is 12.0. The number of morpholine rings is 1. The SMILES string of the molecule is Cc1nc2nc(N3CC(c4cnn(C5CC5)c4)OC(C(F)F)C3)nc(-c3ccc(F)cc3F)c2nc1C. The fourth-order valence-corrected chi connectivity index (χ4v) is 4.44. The average molecular weight is 513 g/mol. The van der Waals surface area contributed by atoms with E-state index in [1.54, 1.807) is 24.9 Å². The molecule has 1 aromatic carbocycles. The number of benzene rings is 1. The molecule has 4 aromatic rings. The van der Waals surface area contributed by atoms with Gasteiger partial charge in [-0.1, -0.05) is 0 Å². The summed E-state index contributed by atoms with van der Waals surface area (Å²) in [7, 11) is 0. The smallest absolute Gasteiger partial charge is 0.266 e. The summed E-state index contributed by atoms with van der Waals surface area (Å²) in [5, 5.41) is 4.36. The molecule has 1 saturated heterocycles. The minimum Gasteiger partial charge on any atom is -0.361 e. The van der Waals surface area contributed by atoms with E-state index in [0.29, 0.717) is 23.0 Å². The zero-order valence-electron chi connectivity index (χ0n) is 20.1. The highest BCUT2D eigenvalue weighted by Gasteiger charge is 2.37. The van der Waals surface area contributed by atoms with E-state index in [1.807, 2.05) is 10.9 Å².